The molecule has 34 heavy (non-hydrogen) atoms. The van der Waals surface area contributed by atoms with E-state index in [0.29, 0.717) is 11.5 Å². The fourth-order valence-electron chi connectivity index (χ4n) is 9.51. The molecular weight excluding hydrogens is 528 g/mol. The van der Waals surface area contributed by atoms with Gasteiger partial charge in [-0.25, -0.2) is 0 Å². The van der Waals surface area contributed by atoms with Crippen molar-refractivity contribution in [2.75, 3.05) is 0 Å². The normalized spacial score (nSPS) is 43.1. The molecule has 196 valence electrons. The summed E-state index contributed by atoms with van der Waals surface area (Å²) in [5, 5.41) is 0. The van der Waals surface area contributed by atoms with E-state index in [1.165, 1.54) is 67.9 Å². The molecule has 0 amide bonds. The predicted molar refractivity (Wildman–Crippen MR) is 148 cm³/mol. The number of hydrogen-bond donors (Lipinski definition) is 0. The van der Waals surface area contributed by atoms with Gasteiger partial charge in [0.15, 0.2) is 0 Å². The van der Waals surface area contributed by atoms with E-state index in [0.717, 1.165) is 53.3 Å². The number of hydrogen-bond acceptors (Lipinski definition) is 1. The Morgan fingerprint density at radius 3 is 2.35 bits per heavy atom. The minimum absolute atomic E-state index is 0.168. The van der Waals surface area contributed by atoms with Gasteiger partial charge in [0.25, 0.3) is 0 Å². The second kappa shape index (κ2) is 10.7. The predicted octanol–water partition coefficient (Wildman–Crippen LogP) is 8.69. The zero-order valence-electron chi connectivity index (χ0n) is 23.9. The van der Waals surface area contributed by atoms with Gasteiger partial charge in [-0.3, -0.25) is 0 Å². The molecule has 1 unspecified atom stereocenters. The molecule has 0 aromatic rings. The zero-order chi connectivity index (χ0) is 24.8. The van der Waals surface area contributed by atoms with Crippen LogP contribution in [0.1, 0.15) is 126 Å². The van der Waals surface area contributed by atoms with Gasteiger partial charge >= 0.3 is 181 Å². The average molecular weight is 584 g/mol. The molecular formula is C32H56OTe. The first kappa shape index (κ1) is 27.5. The summed E-state index contributed by atoms with van der Waals surface area (Å²) in [5.41, 5.74) is 0.737. The summed E-state index contributed by atoms with van der Waals surface area (Å²) in [5.74, 6) is 8.71. The Hall–Kier alpha value is 0.460. The molecule has 0 aromatic heterocycles. The van der Waals surface area contributed by atoms with E-state index in [2.05, 4.69) is 77.2 Å². The Kier molecular flexibility index (Phi) is 8.63. The Morgan fingerprint density at radius 1 is 0.971 bits per heavy atom. The molecule has 2 heteroatoms. The summed E-state index contributed by atoms with van der Waals surface area (Å²) in [4.78, 5) is 0. The molecule has 0 saturated heterocycles. The number of rotatable bonds is 7. The third-order valence-electron chi connectivity index (χ3n) is 11.4. The number of fused-ring (bicyclic) bond motifs is 5. The summed E-state index contributed by atoms with van der Waals surface area (Å²) < 4.78 is 7.83. The number of ether oxygens (including phenoxy) is 1. The SMILES string of the molecule is CC(C)CCC[C@@H](C)[C@H]1CC[C@@H]2C1[C@H](C)C[C@H]1[C@H]2CC[C@H]2C[C@@H](OC(=[Te])C(C)(C)C)CC[C@@]21C. The van der Waals surface area contributed by atoms with Crippen LogP contribution in [0.25, 0.3) is 0 Å². The van der Waals surface area contributed by atoms with Crippen LogP contribution in [0.4, 0.5) is 0 Å². The molecule has 0 heterocycles. The molecule has 0 radical (unpaired) electrons. The van der Waals surface area contributed by atoms with Gasteiger partial charge in [0.1, 0.15) is 0 Å². The maximum atomic E-state index is 6.58. The van der Waals surface area contributed by atoms with Gasteiger partial charge in [0.05, 0.1) is 0 Å². The van der Waals surface area contributed by atoms with Crippen molar-refractivity contribution in [3.8, 4) is 0 Å². The summed E-state index contributed by atoms with van der Waals surface area (Å²) in [7, 11) is 0. The van der Waals surface area contributed by atoms with Crippen molar-refractivity contribution < 1.29 is 4.74 Å². The van der Waals surface area contributed by atoms with Crippen LogP contribution in [-0.2, 0) is 4.74 Å². The molecule has 10 atom stereocenters. The van der Waals surface area contributed by atoms with E-state index in [1.54, 1.807) is 6.42 Å². The van der Waals surface area contributed by atoms with E-state index in [4.69, 9.17) is 4.74 Å². The Bertz CT molecular complexity index is 706. The van der Waals surface area contributed by atoms with Gasteiger partial charge in [-0.15, -0.1) is 0 Å². The van der Waals surface area contributed by atoms with Gasteiger partial charge < -0.3 is 0 Å². The van der Waals surface area contributed by atoms with Gasteiger partial charge in [-0.1, -0.05) is 40.0 Å². The molecule has 4 aliphatic rings. The van der Waals surface area contributed by atoms with Crippen molar-refractivity contribution in [1.29, 1.82) is 0 Å². The van der Waals surface area contributed by atoms with Crippen LogP contribution >= 0.6 is 0 Å². The second-order valence-corrected chi connectivity index (χ2v) is 16.2. The van der Waals surface area contributed by atoms with Crippen molar-refractivity contribution in [2.24, 2.45) is 64.1 Å². The molecule has 0 spiro atoms. The van der Waals surface area contributed by atoms with E-state index < -0.39 is 0 Å². The second-order valence-electron chi connectivity index (χ2n) is 15.1. The monoisotopic (exact) mass is 586 g/mol. The molecule has 0 aliphatic heterocycles. The Balaban J connectivity index is 1.41. The van der Waals surface area contributed by atoms with E-state index >= 15 is 0 Å². The van der Waals surface area contributed by atoms with Crippen LogP contribution in [0.5, 0.6) is 0 Å². The van der Waals surface area contributed by atoms with Crippen molar-refractivity contribution in [3.05, 3.63) is 0 Å². The third kappa shape index (κ3) is 5.50. The Labute approximate surface area is 225 Å². The Morgan fingerprint density at radius 2 is 1.68 bits per heavy atom. The third-order valence-corrected chi connectivity index (χ3v) is 13.4. The molecule has 4 aliphatic carbocycles. The van der Waals surface area contributed by atoms with Crippen LogP contribution in [-0.4, -0.2) is 31.7 Å². The minimum atomic E-state index is 0.168. The summed E-state index contributed by atoms with van der Waals surface area (Å²) in [6, 6.07) is 0. The van der Waals surface area contributed by atoms with Gasteiger partial charge in [-0.05, 0) is 5.92 Å². The molecule has 0 aromatic carbocycles. The van der Waals surface area contributed by atoms with Crippen molar-refractivity contribution in [2.45, 2.75) is 132 Å². The fourth-order valence-corrected chi connectivity index (χ4v) is 9.89. The summed E-state index contributed by atoms with van der Waals surface area (Å²) >= 11 is 2.13. The van der Waals surface area contributed by atoms with Crippen molar-refractivity contribution in [3.63, 3.8) is 0 Å². The van der Waals surface area contributed by atoms with Crippen LogP contribution in [0.2, 0.25) is 0 Å². The van der Waals surface area contributed by atoms with Crippen LogP contribution < -0.4 is 0 Å². The van der Waals surface area contributed by atoms with Gasteiger partial charge in [0.2, 0.25) is 0 Å². The molecule has 0 N–H and O–H groups in total. The quantitative estimate of drug-likeness (QED) is 0.272. The maximum absolute atomic E-state index is 6.58. The topological polar surface area (TPSA) is 9.23 Å². The molecule has 0 bridgehead atoms. The van der Waals surface area contributed by atoms with E-state index in [-0.39, 0.29) is 5.41 Å². The van der Waals surface area contributed by atoms with E-state index in [1.807, 2.05) is 0 Å². The van der Waals surface area contributed by atoms with Crippen LogP contribution in [0, 0.1) is 64.1 Å². The zero-order valence-corrected chi connectivity index (χ0v) is 26.2. The van der Waals surface area contributed by atoms with Crippen LogP contribution in [0.3, 0.4) is 0 Å². The first-order chi connectivity index (χ1) is 15.9. The average Bonchev–Trinajstić information content (AvgIpc) is 3.20. The standard InChI is InChI=1S/C32H56OTe/c1-20(2)10-9-11-21(3)25-14-15-27-26-13-12-23-19-24(33-30(34)31(5,6)7)16-17-32(23,8)28(26)18-22(4)29(25)27/h20-29H,9-19H2,1-8H3/t21-,22-,23+,24+,25-,26+,27+,28+,29?,32+/m1/s1. The molecule has 4 fully saturated rings. The van der Waals surface area contributed by atoms with Crippen molar-refractivity contribution >= 4 is 25.6 Å². The van der Waals surface area contributed by atoms with E-state index in [9.17, 15) is 0 Å². The molecule has 4 saturated carbocycles. The van der Waals surface area contributed by atoms with Gasteiger partial charge in [0, 0.05) is 0 Å². The molecule has 4 rings (SSSR count). The van der Waals surface area contributed by atoms with Gasteiger partial charge in [-0.2, -0.15) is 0 Å². The fraction of sp³-hybridized carbons (Fsp3) is 0.969. The first-order valence-corrected chi connectivity index (χ1v) is 16.3. The first-order valence-electron chi connectivity index (χ1n) is 15.1. The van der Waals surface area contributed by atoms with Crippen molar-refractivity contribution in [1.82, 2.24) is 0 Å². The molecule has 1 nitrogen and oxygen atoms in total. The summed E-state index contributed by atoms with van der Waals surface area (Å²) in [6.07, 6.45) is 16.4. The summed E-state index contributed by atoms with van der Waals surface area (Å²) in [6.45, 7) is 19.7. The van der Waals surface area contributed by atoms with Crippen LogP contribution in [0.15, 0.2) is 0 Å².